The summed E-state index contributed by atoms with van der Waals surface area (Å²) < 4.78 is 6.39. The van der Waals surface area contributed by atoms with Gasteiger partial charge in [-0.25, -0.2) is 0 Å². The Morgan fingerprint density at radius 2 is 2.19 bits per heavy atom. The molecule has 0 unspecified atom stereocenters. The van der Waals surface area contributed by atoms with Gasteiger partial charge in [0.05, 0.1) is 23.4 Å². The van der Waals surface area contributed by atoms with Gasteiger partial charge in [0.15, 0.2) is 5.76 Å². The second kappa shape index (κ2) is 5.73. The SMILES string of the molecule is Cc1noc(C)c1NC(=O)CCn1nc([N+](=O)[O-])cc1C. The Balaban J connectivity index is 1.97. The fourth-order valence-corrected chi connectivity index (χ4v) is 1.88. The highest BCUT2D eigenvalue weighted by Gasteiger charge is 2.17. The molecule has 0 aliphatic heterocycles. The first-order chi connectivity index (χ1) is 9.88. The molecule has 9 heteroatoms. The second-order valence-electron chi connectivity index (χ2n) is 4.62. The lowest BCUT2D eigenvalue weighted by molar-refractivity contribution is -0.389. The standard InChI is InChI=1S/C12H15N5O4/c1-7-6-10(17(19)20)14-16(7)5-4-11(18)13-12-8(2)15-21-9(12)3/h6H,4-5H2,1-3H3,(H,13,18). The molecule has 2 aromatic rings. The first kappa shape index (κ1) is 14.7. The lowest BCUT2D eigenvalue weighted by atomic mass is 10.3. The topological polar surface area (TPSA) is 116 Å². The van der Waals surface area contributed by atoms with Crippen molar-refractivity contribution in [2.45, 2.75) is 33.7 Å². The van der Waals surface area contributed by atoms with Gasteiger partial charge in [0.2, 0.25) is 5.91 Å². The summed E-state index contributed by atoms with van der Waals surface area (Å²) in [5.74, 6) is 0.0762. The average molecular weight is 293 g/mol. The zero-order valence-corrected chi connectivity index (χ0v) is 11.9. The van der Waals surface area contributed by atoms with Crippen molar-refractivity contribution in [3.63, 3.8) is 0 Å². The minimum atomic E-state index is -0.562. The molecule has 0 aliphatic carbocycles. The van der Waals surface area contributed by atoms with Gasteiger partial charge < -0.3 is 20.0 Å². The number of nitrogens with zero attached hydrogens (tertiary/aromatic N) is 4. The third-order valence-electron chi connectivity index (χ3n) is 3.00. The number of rotatable bonds is 5. The number of hydrogen-bond donors (Lipinski definition) is 1. The van der Waals surface area contributed by atoms with E-state index in [-0.39, 0.29) is 24.7 Å². The first-order valence-electron chi connectivity index (χ1n) is 6.30. The molecule has 2 rings (SSSR count). The molecule has 0 aromatic carbocycles. The Kier molecular flexibility index (Phi) is 4.01. The zero-order valence-electron chi connectivity index (χ0n) is 11.9. The molecule has 1 N–H and O–H groups in total. The van der Waals surface area contributed by atoms with Crippen LogP contribution in [-0.4, -0.2) is 25.8 Å². The quantitative estimate of drug-likeness (QED) is 0.663. The Hall–Kier alpha value is -2.71. The summed E-state index contributed by atoms with van der Waals surface area (Å²) in [7, 11) is 0. The van der Waals surface area contributed by atoms with Crippen molar-refractivity contribution in [3.05, 3.63) is 33.3 Å². The number of nitrogens with one attached hydrogen (secondary N) is 1. The molecule has 0 saturated heterocycles. The number of aromatic nitrogens is 3. The molecule has 2 heterocycles. The highest BCUT2D eigenvalue weighted by atomic mass is 16.6. The third-order valence-corrected chi connectivity index (χ3v) is 3.00. The van der Waals surface area contributed by atoms with Crippen molar-refractivity contribution < 1.29 is 14.2 Å². The Bertz CT molecular complexity index is 668. The number of anilines is 1. The lowest BCUT2D eigenvalue weighted by Gasteiger charge is -2.03. The number of aryl methyl sites for hydroxylation is 4. The number of carbonyl (C=O) groups is 1. The molecule has 9 nitrogen and oxygen atoms in total. The van der Waals surface area contributed by atoms with E-state index in [1.807, 2.05) is 0 Å². The third kappa shape index (κ3) is 3.25. The van der Waals surface area contributed by atoms with Crippen LogP contribution in [0, 0.1) is 30.9 Å². The molecule has 21 heavy (non-hydrogen) atoms. The monoisotopic (exact) mass is 293 g/mol. The normalized spacial score (nSPS) is 10.6. The minimum absolute atomic E-state index is 0.143. The van der Waals surface area contributed by atoms with E-state index in [1.54, 1.807) is 20.8 Å². The van der Waals surface area contributed by atoms with E-state index in [0.29, 0.717) is 22.8 Å². The van der Waals surface area contributed by atoms with Crippen LogP contribution >= 0.6 is 0 Å². The smallest absolute Gasteiger partial charge is 0.359 e. The summed E-state index contributed by atoms with van der Waals surface area (Å²) in [5.41, 5.74) is 1.79. The summed E-state index contributed by atoms with van der Waals surface area (Å²) in [6.45, 7) is 5.39. The van der Waals surface area contributed by atoms with Crippen LogP contribution in [-0.2, 0) is 11.3 Å². The molecule has 0 radical (unpaired) electrons. The molecule has 0 fully saturated rings. The van der Waals surface area contributed by atoms with Gasteiger partial charge in [-0.05, 0) is 25.7 Å². The number of hydrogen-bond acceptors (Lipinski definition) is 6. The van der Waals surface area contributed by atoms with Gasteiger partial charge in [0, 0.05) is 6.42 Å². The van der Waals surface area contributed by atoms with Gasteiger partial charge >= 0.3 is 5.82 Å². The van der Waals surface area contributed by atoms with E-state index in [4.69, 9.17) is 4.52 Å². The van der Waals surface area contributed by atoms with Crippen molar-refractivity contribution in [3.8, 4) is 0 Å². The predicted octanol–water partition coefficient (Wildman–Crippen LogP) is 1.73. The van der Waals surface area contributed by atoms with Crippen LogP contribution in [0.2, 0.25) is 0 Å². The van der Waals surface area contributed by atoms with Crippen molar-refractivity contribution in [2.75, 3.05) is 5.32 Å². The summed E-state index contributed by atoms with van der Waals surface area (Å²) in [6.07, 6.45) is 0.143. The van der Waals surface area contributed by atoms with E-state index in [9.17, 15) is 14.9 Å². The van der Waals surface area contributed by atoms with E-state index in [2.05, 4.69) is 15.6 Å². The number of amides is 1. The molecule has 0 atom stereocenters. The fourth-order valence-electron chi connectivity index (χ4n) is 1.88. The molecule has 0 aliphatic rings. The Labute approximate surface area is 120 Å². The molecular weight excluding hydrogens is 278 g/mol. The van der Waals surface area contributed by atoms with Crippen LogP contribution in [0.15, 0.2) is 10.6 Å². The van der Waals surface area contributed by atoms with Crippen LogP contribution in [0.1, 0.15) is 23.6 Å². The first-order valence-corrected chi connectivity index (χ1v) is 6.30. The van der Waals surface area contributed by atoms with Crippen LogP contribution in [0.4, 0.5) is 11.5 Å². The van der Waals surface area contributed by atoms with Gasteiger partial charge in [-0.1, -0.05) is 5.16 Å². The minimum Gasteiger partial charge on any atom is -0.359 e. The maximum atomic E-state index is 11.9. The molecule has 0 spiro atoms. The van der Waals surface area contributed by atoms with Crippen molar-refractivity contribution in [1.82, 2.24) is 14.9 Å². The fraction of sp³-hybridized carbons (Fsp3) is 0.417. The summed E-state index contributed by atoms with van der Waals surface area (Å²) in [4.78, 5) is 21.9. The molecule has 1 amide bonds. The van der Waals surface area contributed by atoms with E-state index in [1.165, 1.54) is 10.7 Å². The molecule has 112 valence electrons. The summed E-state index contributed by atoms with van der Waals surface area (Å²) in [5, 5.41) is 20.9. The Morgan fingerprint density at radius 3 is 2.71 bits per heavy atom. The predicted molar refractivity (Wildman–Crippen MR) is 72.8 cm³/mol. The molecular formula is C12H15N5O4. The van der Waals surface area contributed by atoms with Crippen LogP contribution < -0.4 is 5.32 Å². The summed E-state index contributed by atoms with van der Waals surface area (Å²) >= 11 is 0. The van der Waals surface area contributed by atoms with Gasteiger partial charge in [0.25, 0.3) is 0 Å². The average Bonchev–Trinajstić information content (AvgIpc) is 2.94. The lowest BCUT2D eigenvalue weighted by Crippen LogP contribution is -2.16. The number of carbonyl (C=O) groups excluding carboxylic acids is 1. The maximum absolute atomic E-state index is 11.9. The Morgan fingerprint density at radius 1 is 1.48 bits per heavy atom. The van der Waals surface area contributed by atoms with E-state index >= 15 is 0 Å². The van der Waals surface area contributed by atoms with E-state index in [0.717, 1.165) is 0 Å². The van der Waals surface area contributed by atoms with Crippen LogP contribution in [0.3, 0.4) is 0 Å². The van der Waals surface area contributed by atoms with Gasteiger partial charge in [0.1, 0.15) is 11.4 Å². The van der Waals surface area contributed by atoms with Crippen LogP contribution in [0.25, 0.3) is 0 Å². The van der Waals surface area contributed by atoms with E-state index < -0.39 is 4.92 Å². The van der Waals surface area contributed by atoms with Gasteiger partial charge in [-0.15, -0.1) is 0 Å². The van der Waals surface area contributed by atoms with Gasteiger partial charge in [-0.2, -0.15) is 4.68 Å². The highest BCUT2D eigenvalue weighted by molar-refractivity contribution is 5.91. The second-order valence-corrected chi connectivity index (χ2v) is 4.62. The molecule has 0 saturated carbocycles. The largest absolute Gasteiger partial charge is 0.390 e. The highest BCUT2D eigenvalue weighted by Crippen LogP contribution is 2.19. The van der Waals surface area contributed by atoms with Crippen LogP contribution in [0.5, 0.6) is 0 Å². The maximum Gasteiger partial charge on any atom is 0.390 e. The van der Waals surface area contributed by atoms with Crippen molar-refractivity contribution in [2.24, 2.45) is 0 Å². The van der Waals surface area contributed by atoms with Gasteiger partial charge in [-0.3, -0.25) is 4.79 Å². The summed E-state index contributed by atoms with van der Waals surface area (Å²) in [6, 6.07) is 1.37. The van der Waals surface area contributed by atoms with Crippen molar-refractivity contribution in [1.29, 1.82) is 0 Å². The zero-order chi connectivity index (χ0) is 15.6. The molecule has 0 bridgehead atoms. The van der Waals surface area contributed by atoms with Crippen molar-refractivity contribution >= 4 is 17.4 Å². The molecule has 2 aromatic heterocycles. The number of nitro groups is 1.